The van der Waals surface area contributed by atoms with E-state index in [1.165, 1.54) is 154 Å². The highest BCUT2D eigenvalue weighted by atomic mass is 35.5. The second-order valence-corrected chi connectivity index (χ2v) is 11.3. The molecule has 0 spiro atoms. The zero-order valence-electron chi connectivity index (χ0n) is 24.2. The molecule has 0 fully saturated rings. The second-order valence-electron chi connectivity index (χ2n) is 11.0. The van der Waals surface area contributed by atoms with E-state index in [0.29, 0.717) is 0 Å². The second kappa shape index (κ2) is 30.0. The Morgan fingerprint density at radius 2 is 0.657 bits per heavy atom. The molecule has 210 valence electrons. The summed E-state index contributed by atoms with van der Waals surface area (Å²) in [5.41, 5.74) is 0. The summed E-state index contributed by atoms with van der Waals surface area (Å²) in [6.45, 7) is 6.38. The summed E-state index contributed by atoms with van der Waals surface area (Å²) in [5, 5.41) is 0. The lowest BCUT2D eigenvalue weighted by Gasteiger charge is -2.22. The van der Waals surface area contributed by atoms with Crippen LogP contribution in [0.3, 0.4) is 0 Å². The Bertz CT molecular complexity index is 384. The third-order valence-electron chi connectivity index (χ3n) is 7.53. The Labute approximate surface area is 226 Å². The molecule has 0 bridgehead atoms. The fourth-order valence-electron chi connectivity index (χ4n) is 5.09. The first-order valence-electron chi connectivity index (χ1n) is 16.1. The molecule has 0 aromatic carbocycles. The van der Waals surface area contributed by atoms with E-state index in [4.69, 9.17) is 11.6 Å². The van der Waals surface area contributed by atoms with Crippen molar-refractivity contribution in [2.45, 2.75) is 181 Å². The maximum atomic E-state index is 12.2. The fourth-order valence-corrected chi connectivity index (χ4v) is 5.26. The third-order valence-corrected chi connectivity index (χ3v) is 7.76. The van der Waals surface area contributed by atoms with Gasteiger partial charge in [0.15, 0.2) is 0 Å². The minimum Gasteiger partial charge on any atom is -0.342 e. The predicted molar refractivity (Wildman–Crippen MR) is 159 cm³/mol. The van der Waals surface area contributed by atoms with E-state index in [-0.39, 0.29) is 11.8 Å². The maximum Gasteiger partial charge on any atom is 0.237 e. The lowest BCUT2D eigenvalue weighted by molar-refractivity contribution is -0.128. The number of halogens is 1. The van der Waals surface area contributed by atoms with Crippen molar-refractivity contribution >= 4 is 17.5 Å². The average Bonchev–Trinajstić information content (AvgIpc) is 2.87. The topological polar surface area (TPSA) is 20.3 Å². The molecule has 0 atom stereocenters. The first-order valence-corrected chi connectivity index (χ1v) is 16.6. The summed E-state index contributed by atoms with van der Waals surface area (Å²) in [4.78, 5) is 14.2. The first kappa shape index (κ1) is 34.8. The Hall–Kier alpha value is -0.240. The van der Waals surface area contributed by atoms with Crippen molar-refractivity contribution < 1.29 is 4.79 Å². The van der Waals surface area contributed by atoms with E-state index < -0.39 is 0 Å². The number of hydrogen-bond donors (Lipinski definition) is 0. The van der Waals surface area contributed by atoms with Gasteiger partial charge in [-0.15, -0.1) is 11.6 Å². The molecular weight excluding hydrogens is 450 g/mol. The molecule has 35 heavy (non-hydrogen) atoms. The van der Waals surface area contributed by atoms with Crippen molar-refractivity contribution in [3.8, 4) is 0 Å². The number of carbonyl (C=O) groups is 1. The van der Waals surface area contributed by atoms with Gasteiger partial charge in [0.25, 0.3) is 0 Å². The SMILES string of the molecule is CCCCCCCCCCCCCCCN(CCCCCCCCCCCCCCC)C(=O)CCl. The van der Waals surface area contributed by atoms with Crippen LogP contribution in [-0.4, -0.2) is 29.8 Å². The van der Waals surface area contributed by atoms with Gasteiger partial charge in [0.05, 0.1) is 0 Å². The van der Waals surface area contributed by atoms with Crippen molar-refractivity contribution in [3.05, 3.63) is 0 Å². The molecule has 0 unspecified atom stereocenters. The normalized spacial score (nSPS) is 11.3. The van der Waals surface area contributed by atoms with E-state index in [1.807, 2.05) is 4.90 Å². The number of nitrogens with zero attached hydrogens (tertiary/aromatic N) is 1. The van der Waals surface area contributed by atoms with Crippen LogP contribution in [-0.2, 0) is 4.79 Å². The number of rotatable bonds is 29. The minimum atomic E-state index is 0.129. The van der Waals surface area contributed by atoms with Gasteiger partial charge >= 0.3 is 0 Å². The molecule has 0 aromatic heterocycles. The van der Waals surface area contributed by atoms with Crippen molar-refractivity contribution in [2.24, 2.45) is 0 Å². The zero-order chi connectivity index (χ0) is 25.7. The number of carbonyl (C=O) groups excluding carboxylic acids is 1. The van der Waals surface area contributed by atoms with Gasteiger partial charge in [-0.1, -0.05) is 168 Å². The lowest BCUT2D eigenvalue weighted by Crippen LogP contribution is -2.33. The standard InChI is InChI=1S/C32H64ClNO/c1-3-5-7-9-11-13-15-17-19-21-23-25-27-29-34(32(35)31-33)30-28-26-24-22-20-18-16-14-12-10-8-6-4-2/h3-31H2,1-2H3. The van der Waals surface area contributed by atoms with Crippen molar-refractivity contribution in [3.63, 3.8) is 0 Å². The van der Waals surface area contributed by atoms with Crippen LogP contribution in [0.5, 0.6) is 0 Å². The molecule has 0 saturated heterocycles. The van der Waals surface area contributed by atoms with Gasteiger partial charge in [-0.25, -0.2) is 0 Å². The summed E-state index contributed by atoms with van der Waals surface area (Å²) in [6.07, 6.45) is 35.5. The lowest BCUT2D eigenvalue weighted by atomic mass is 10.0. The molecule has 0 radical (unpaired) electrons. The molecule has 2 nitrogen and oxygen atoms in total. The van der Waals surface area contributed by atoms with E-state index in [2.05, 4.69) is 13.8 Å². The largest absolute Gasteiger partial charge is 0.342 e. The van der Waals surface area contributed by atoms with Crippen LogP contribution < -0.4 is 0 Å². The van der Waals surface area contributed by atoms with Gasteiger partial charge < -0.3 is 4.90 Å². The Morgan fingerprint density at radius 3 is 0.886 bits per heavy atom. The molecule has 0 aliphatic heterocycles. The van der Waals surface area contributed by atoms with E-state index in [1.54, 1.807) is 0 Å². The average molecular weight is 514 g/mol. The molecule has 3 heteroatoms. The van der Waals surface area contributed by atoms with Crippen molar-refractivity contribution in [1.82, 2.24) is 4.90 Å². The molecule has 0 aromatic rings. The van der Waals surface area contributed by atoms with Gasteiger partial charge in [0.2, 0.25) is 5.91 Å². The van der Waals surface area contributed by atoms with Crippen LogP contribution >= 0.6 is 11.6 Å². The Kier molecular flexibility index (Phi) is 29.8. The zero-order valence-corrected chi connectivity index (χ0v) is 25.0. The molecule has 0 N–H and O–H groups in total. The smallest absolute Gasteiger partial charge is 0.237 e. The predicted octanol–water partition coefficient (Wildman–Crippen LogP) is 11.2. The van der Waals surface area contributed by atoms with Gasteiger partial charge in [0, 0.05) is 13.1 Å². The summed E-state index contributed by atoms with van der Waals surface area (Å²) in [7, 11) is 0. The molecule has 0 heterocycles. The number of unbranched alkanes of at least 4 members (excludes halogenated alkanes) is 24. The van der Waals surface area contributed by atoms with Crippen LogP contribution in [0.1, 0.15) is 181 Å². The van der Waals surface area contributed by atoms with Gasteiger partial charge in [0.1, 0.15) is 5.88 Å². The van der Waals surface area contributed by atoms with Crippen molar-refractivity contribution in [2.75, 3.05) is 19.0 Å². The van der Waals surface area contributed by atoms with Crippen LogP contribution in [0.4, 0.5) is 0 Å². The molecular formula is C32H64ClNO. The molecule has 0 aliphatic carbocycles. The fraction of sp³-hybridized carbons (Fsp3) is 0.969. The molecule has 0 aliphatic rings. The highest BCUT2D eigenvalue weighted by molar-refractivity contribution is 6.27. The number of hydrogen-bond acceptors (Lipinski definition) is 1. The van der Waals surface area contributed by atoms with Gasteiger partial charge in [-0.05, 0) is 12.8 Å². The third kappa shape index (κ3) is 26.6. The van der Waals surface area contributed by atoms with E-state index >= 15 is 0 Å². The molecule has 1 amide bonds. The van der Waals surface area contributed by atoms with Crippen LogP contribution in [0.15, 0.2) is 0 Å². The number of alkyl halides is 1. The Balaban J connectivity index is 3.53. The summed E-state index contributed by atoms with van der Waals surface area (Å²) >= 11 is 5.87. The van der Waals surface area contributed by atoms with Crippen molar-refractivity contribution in [1.29, 1.82) is 0 Å². The van der Waals surface area contributed by atoms with E-state index in [9.17, 15) is 4.79 Å². The number of amides is 1. The van der Waals surface area contributed by atoms with Crippen LogP contribution in [0.25, 0.3) is 0 Å². The summed E-state index contributed by atoms with van der Waals surface area (Å²) < 4.78 is 0. The Morgan fingerprint density at radius 1 is 0.429 bits per heavy atom. The molecule has 0 saturated carbocycles. The quantitative estimate of drug-likeness (QED) is 0.0718. The van der Waals surface area contributed by atoms with E-state index in [0.717, 1.165) is 25.9 Å². The highest BCUT2D eigenvalue weighted by Gasteiger charge is 2.11. The minimum absolute atomic E-state index is 0.129. The summed E-state index contributed by atoms with van der Waals surface area (Å²) in [6, 6.07) is 0. The summed E-state index contributed by atoms with van der Waals surface area (Å²) in [5.74, 6) is 0.265. The monoisotopic (exact) mass is 513 g/mol. The van der Waals surface area contributed by atoms with Crippen LogP contribution in [0.2, 0.25) is 0 Å². The van der Waals surface area contributed by atoms with Gasteiger partial charge in [-0.2, -0.15) is 0 Å². The van der Waals surface area contributed by atoms with Gasteiger partial charge in [-0.3, -0.25) is 4.79 Å². The highest BCUT2D eigenvalue weighted by Crippen LogP contribution is 2.14. The first-order chi connectivity index (χ1) is 17.3. The van der Waals surface area contributed by atoms with Crippen LogP contribution in [0, 0.1) is 0 Å². The maximum absolute atomic E-state index is 12.2. The molecule has 0 rings (SSSR count).